The van der Waals surface area contributed by atoms with Gasteiger partial charge in [-0.15, -0.1) is 11.3 Å². The molecule has 2 aliphatic heterocycles. The van der Waals surface area contributed by atoms with Crippen LogP contribution in [0.25, 0.3) is 16.8 Å². The summed E-state index contributed by atoms with van der Waals surface area (Å²) in [7, 11) is 0. The Kier molecular flexibility index (Phi) is 6.31. The Morgan fingerprint density at radius 3 is 2.52 bits per heavy atom. The second kappa shape index (κ2) is 8.97. The van der Waals surface area contributed by atoms with Crippen molar-refractivity contribution in [3.8, 4) is 11.3 Å². The number of aliphatic hydroxyl groups is 1. The van der Waals surface area contributed by atoms with Crippen molar-refractivity contribution in [1.82, 2.24) is 14.8 Å². The average molecular weight is 453 g/mol. The van der Waals surface area contributed by atoms with E-state index in [2.05, 4.69) is 9.88 Å². The number of alkyl halides is 3. The molecule has 10 heteroatoms. The standard InChI is InChI=1S/C21H23F3N4O2S/c22-21(23,24)15-4-2-14(3-5-15)16-13-31-20(26-16)18-17(29)12-28(19(18)25)7-1-6-27-8-10-30-11-9-27/h2-5,13,25,29H,1,6-12H2. The van der Waals surface area contributed by atoms with Crippen molar-refractivity contribution in [2.45, 2.75) is 12.6 Å². The van der Waals surface area contributed by atoms with Gasteiger partial charge in [-0.05, 0) is 18.6 Å². The van der Waals surface area contributed by atoms with E-state index in [4.69, 9.17) is 10.1 Å². The molecule has 3 heterocycles. The summed E-state index contributed by atoms with van der Waals surface area (Å²) in [5.74, 6) is 0.331. The van der Waals surface area contributed by atoms with Gasteiger partial charge in [-0.1, -0.05) is 12.1 Å². The fourth-order valence-electron chi connectivity index (χ4n) is 3.71. The van der Waals surface area contributed by atoms with Crippen LogP contribution in [0.2, 0.25) is 0 Å². The maximum Gasteiger partial charge on any atom is 0.416 e. The van der Waals surface area contributed by atoms with E-state index in [-0.39, 0.29) is 18.1 Å². The molecule has 0 bridgehead atoms. The van der Waals surface area contributed by atoms with Crippen molar-refractivity contribution in [3.05, 3.63) is 46.0 Å². The third-order valence-electron chi connectivity index (χ3n) is 5.41. The van der Waals surface area contributed by atoms with E-state index in [0.717, 1.165) is 51.4 Å². The number of nitrogens with one attached hydrogen (secondary N) is 1. The number of benzene rings is 1. The number of thiazole rings is 1. The number of aliphatic hydroxyl groups excluding tert-OH is 1. The molecular formula is C21H23F3N4O2S. The maximum absolute atomic E-state index is 12.8. The number of rotatable bonds is 6. The molecule has 0 saturated carbocycles. The fraction of sp³-hybridized carbons (Fsp3) is 0.429. The predicted molar refractivity (Wildman–Crippen MR) is 113 cm³/mol. The number of ether oxygens (including phenoxy) is 1. The first-order valence-corrected chi connectivity index (χ1v) is 10.9. The summed E-state index contributed by atoms with van der Waals surface area (Å²) in [6.07, 6.45) is -3.51. The maximum atomic E-state index is 12.8. The molecule has 0 amide bonds. The van der Waals surface area contributed by atoms with Crippen LogP contribution in [-0.4, -0.2) is 71.7 Å². The Bertz CT molecular complexity index is 966. The Hall–Kier alpha value is -2.43. The number of halogens is 3. The lowest BCUT2D eigenvalue weighted by Crippen LogP contribution is -2.38. The van der Waals surface area contributed by atoms with Gasteiger partial charge in [0.2, 0.25) is 0 Å². The molecule has 0 aliphatic carbocycles. The van der Waals surface area contributed by atoms with Gasteiger partial charge in [-0.2, -0.15) is 13.2 Å². The molecule has 6 nitrogen and oxygen atoms in total. The Balaban J connectivity index is 1.39. The summed E-state index contributed by atoms with van der Waals surface area (Å²) in [6.45, 7) is 5.16. The van der Waals surface area contributed by atoms with E-state index >= 15 is 0 Å². The van der Waals surface area contributed by atoms with Crippen LogP contribution in [0.1, 0.15) is 17.0 Å². The summed E-state index contributed by atoms with van der Waals surface area (Å²) in [5, 5.41) is 21.2. The van der Waals surface area contributed by atoms with E-state index in [1.807, 2.05) is 4.90 Å². The highest BCUT2D eigenvalue weighted by Gasteiger charge is 2.31. The van der Waals surface area contributed by atoms with Crippen molar-refractivity contribution >= 4 is 22.7 Å². The van der Waals surface area contributed by atoms with Crippen LogP contribution in [0, 0.1) is 5.41 Å². The zero-order chi connectivity index (χ0) is 22.0. The van der Waals surface area contributed by atoms with Gasteiger partial charge in [0.05, 0.1) is 36.6 Å². The molecule has 0 spiro atoms. The monoisotopic (exact) mass is 452 g/mol. The van der Waals surface area contributed by atoms with Crippen LogP contribution >= 0.6 is 11.3 Å². The van der Waals surface area contributed by atoms with Crippen molar-refractivity contribution < 1.29 is 23.0 Å². The van der Waals surface area contributed by atoms with E-state index in [1.165, 1.54) is 23.5 Å². The molecule has 1 aromatic carbocycles. The van der Waals surface area contributed by atoms with E-state index < -0.39 is 11.7 Å². The van der Waals surface area contributed by atoms with Gasteiger partial charge in [0.1, 0.15) is 16.6 Å². The largest absolute Gasteiger partial charge is 0.510 e. The molecule has 166 valence electrons. The highest BCUT2D eigenvalue weighted by atomic mass is 32.1. The summed E-state index contributed by atoms with van der Waals surface area (Å²) in [6, 6.07) is 4.82. The lowest BCUT2D eigenvalue weighted by Gasteiger charge is -2.27. The Morgan fingerprint density at radius 2 is 1.84 bits per heavy atom. The molecule has 4 rings (SSSR count). The molecule has 0 atom stereocenters. The second-order valence-electron chi connectivity index (χ2n) is 7.51. The topological polar surface area (TPSA) is 72.7 Å². The fourth-order valence-corrected chi connectivity index (χ4v) is 4.61. The molecule has 1 aromatic heterocycles. The number of aromatic nitrogens is 1. The molecule has 2 aromatic rings. The predicted octanol–water partition coefficient (Wildman–Crippen LogP) is 4.11. The highest BCUT2D eigenvalue weighted by Crippen LogP contribution is 2.34. The summed E-state index contributed by atoms with van der Waals surface area (Å²) in [4.78, 5) is 8.62. The number of hydrogen-bond donors (Lipinski definition) is 2. The first-order valence-electron chi connectivity index (χ1n) is 10.0. The quantitative estimate of drug-likeness (QED) is 0.690. The van der Waals surface area contributed by atoms with Crippen LogP contribution in [-0.2, 0) is 10.9 Å². The molecule has 0 radical (unpaired) electrons. The van der Waals surface area contributed by atoms with E-state index in [9.17, 15) is 18.3 Å². The number of morpholine rings is 1. The lowest BCUT2D eigenvalue weighted by molar-refractivity contribution is -0.137. The Morgan fingerprint density at radius 1 is 1.13 bits per heavy atom. The zero-order valence-corrected chi connectivity index (χ0v) is 17.6. The summed E-state index contributed by atoms with van der Waals surface area (Å²) < 4.78 is 43.6. The van der Waals surface area contributed by atoms with E-state index in [0.29, 0.717) is 28.4 Å². The highest BCUT2D eigenvalue weighted by molar-refractivity contribution is 7.11. The first kappa shape index (κ1) is 21.8. The molecule has 0 unspecified atom stereocenters. The molecule has 2 N–H and O–H groups in total. The SMILES string of the molecule is N=C1C(c2nc(-c3ccc(C(F)(F)F)cc3)cs2)=C(O)CN1CCCN1CCOCC1. The summed E-state index contributed by atoms with van der Waals surface area (Å²) in [5.41, 5.74) is 0.766. The van der Waals surface area contributed by atoms with Crippen molar-refractivity contribution in [3.63, 3.8) is 0 Å². The van der Waals surface area contributed by atoms with Crippen molar-refractivity contribution in [2.24, 2.45) is 0 Å². The normalized spacial score (nSPS) is 18.3. The zero-order valence-electron chi connectivity index (χ0n) is 16.8. The average Bonchev–Trinajstić information content (AvgIpc) is 3.33. The van der Waals surface area contributed by atoms with Gasteiger partial charge in [0.25, 0.3) is 0 Å². The molecule has 1 fully saturated rings. The van der Waals surface area contributed by atoms with Gasteiger partial charge in [-0.3, -0.25) is 10.3 Å². The minimum Gasteiger partial charge on any atom is -0.510 e. The number of hydrogen-bond acceptors (Lipinski definition) is 6. The Labute approximate surface area is 182 Å². The molecule has 2 aliphatic rings. The molecular weight excluding hydrogens is 429 g/mol. The van der Waals surface area contributed by atoms with Crippen molar-refractivity contribution in [2.75, 3.05) is 45.9 Å². The van der Waals surface area contributed by atoms with Crippen LogP contribution in [0.5, 0.6) is 0 Å². The van der Waals surface area contributed by atoms with Crippen LogP contribution in [0.4, 0.5) is 13.2 Å². The molecule has 31 heavy (non-hydrogen) atoms. The number of amidine groups is 1. The third kappa shape index (κ3) is 4.91. The second-order valence-corrected chi connectivity index (χ2v) is 8.37. The van der Waals surface area contributed by atoms with Gasteiger partial charge in [0.15, 0.2) is 0 Å². The first-order chi connectivity index (χ1) is 14.8. The van der Waals surface area contributed by atoms with Gasteiger partial charge < -0.3 is 14.7 Å². The third-order valence-corrected chi connectivity index (χ3v) is 6.27. The van der Waals surface area contributed by atoms with Gasteiger partial charge in [0, 0.05) is 37.1 Å². The van der Waals surface area contributed by atoms with Gasteiger partial charge >= 0.3 is 6.18 Å². The number of nitrogens with zero attached hydrogens (tertiary/aromatic N) is 3. The minimum atomic E-state index is -4.38. The van der Waals surface area contributed by atoms with Crippen LogP contribution in [0.3, 0.4) is 0 Å². The van der Waals surface area contributed by atoms with Crippen LogP contribution < -0.4 is 0 Å². The minimum absolute atomic E-state index is 0.102. The molecule has 1 saturated heterocycles. The smallest absolute Gasteiger partial charge is 0.416 e. The van der Waals surface area contributed by atoms with E-state index in [1.54, 1.807) is 5.38 Å². The summed E-state index contributed by atoms with van der Waals surface area (Å²) >= 11 is 1.27. The van der Waals surface area contributed by atoms with Crippen LogP contribution in [0.15, 0.2) is 35.4 Å². The van der Waals surface area contributed by atoms with Gasteiger partial charge in [-0.25, -0.2) is 4.98 Å². The van der Waals surface area contributed by atoms with Crippen molar-refractivity contribution in [1.29, 1.82) is 5.41 Å². The lowest BCUT2D eigenvalue weighted by atomic mass is 10.1.